The van der Waals surface area contributed by atoms with Crippen molar-refractivity contribution in [3.63, 3.8) is 0 Å². The number of ether oxygens (including phenoxy) is 1. The van der Waals surface area contributed by atoms with Crippen LogP contribution in [-0.4, -0.2) is 74.8 Å². The number of amides is 1. The summed E-state index contributed by atoms with van der Waals surface area (Å²) >= 11 is 0. The Morgan fingerprint density at radius 3 is 2.58 bits per heavy atom. The number of nitrogens with zero attached hydrogens (tertiary/aromatic N) is 7. The number of anilines is 2. The maximum Gasteiger partial charge on any atom is 0.222 e. The number of carbonyl (C=O) groups excluding carboxylic acids is 1. The number of hydrogen-bond donors (Lipinski definition) is 2. The predicted molar refractivity (Wildman–Crippen MR) is 181 cm³/mol. The number of nitrogens with two attached hydrogens (primary N) is 1. The highest BCUT2D eigenvalue weighted by atomic mass is 17.0. The zero-order valence-electron chi connectivity index (χ0n) is 27.2. The number of aromatic nitrogens is 4. The highest BCUT2D eigenvalue weighted by Crippen LogP contribution is 2.38. The molecule has 3 aromatic carbocycles. The van der Waals surface area contributed by atoms with Crippen LogP contribution in [0.1, 0.15) is 25.7 Å². The van der Waals surface area contributed by atoms with Crippen molar-refractivity contribution in [3.8, 4) is 34.3 Å². The first-order valence-electron chi connectivity index (χ1n) is 16.7. The van der Waals surface area contributed by atoms with Crippen LogP contribution < -0.4 is 30.7 Å². The van der Waals surface area contributed by atoms with Crippen LogP contribution in [0.5, 0.6) is 23.0 Å². The average molecular weight is 679 g/mol. The number of unbranched alkanes of at least 4 members (excludes halogenated alkanes) is 1. The summed E-state index contributed by atoms with van der Waals surface area (Å²) in [6.07, 6.45) is 3.53. The van der Waals surface area contributed by atoms with Crippen LogP contribution in [-0.2, 0) is 21.0 Å². The van der Waals surface area contributed by atoms with E-state index in [1.54, 1.807) is 0 Å². The van der Waals surface area contributed by atoms with Gasteiger partial charge < -0.3 is 29.9 Å². The van der Waals surface area contributed by atoms with E-state index in [0.29, 0.717) is 86.2 Å². The van der Waals surface area contributed by atoms with E-state index in [1.807, 2.05) is 76.3 Å². The normalized spacial score (nSPS) is 17.7. The van der Waals surface area contributed by atoms with E-state index in [0.717, 1.165) is 35.6 Å². The Kier molecular flexibility index (Phi) is 9.00. The molecular formula is C35H36N9O6. The Hall–Kier alpha value is -5.48. The minimum atomic E-state index is -0.448. The van der Waals surface area contributed by atoms with Gasteiger partial charge in [-0.3, -0.25) is 14.5 Å². The molecule has 50 heavy (non-hydrogen) atoms. The molecule has 1 amide bonds. The largest absolute Gasteiger partial charge is 0.457 e. The van der Waals surface area contributed by atoms with E-state index >= 15 is 0 Å². The van der Waals surface area contributed by atoms with Gasteiger partial charge in [0.1, 0.15) is 29.3 Å². The lowest BCUT2D eigenvalue weighted by Gasteiger charge is -2.36. The molecule has 5 aromatic rings. The predicted octanol–water partition coefficient (Wildman–Crippen LogP) is 4.27. The molecule has 1 radical (unpaired) electrons. The topological polar surface area (TPSA) is 155 Å². The summed E-state index contributed by atoms with van der Waals surface area (Å²) < 4.78 is 7.80. The van der Waals surface area contributed by atoms with Gasteiger partial charge in [-0.2, -0.15) is 5.10 Å². The molecule has 5 heterocycles. The molecule has 2 saturated heterocycles. The summed E-state index contributed by atoms with van der Waals surface area (Å²) in [7, 11) is 0. The zero-order valence-corrected chi connectivity index (χ0v) is 27.2. The molecule has 3 N–H and O–H groups in total. The highest BCUT2D eigenvalue weighted by molar-refractivity contribution is 5.98. The third-order valence-corrected chi connectivity index (χ3v) is 8.82. The number of nitrogens with one attached hydrogen (secondary N) is 1. The second-order valence-corrected chi connectivity index (χ2v) is 12.1. The minimum Gasteiger partial charge on any atom is -0.457 e. The quantitative estimate of drug-likeness (QED) is 0.202. The van der Waals surface area contributed by atoms with E-state index in [-0.39, 0.29) is 5.91 Å². The smallest absolute Gasteiger partial charge is 0.222 e. The third-order valence-electron chi connectivity index (χ3n) is 8.82. The van der Waals surface area contributed by atoms with Crippen LogP contribution in [0.25, 0.3) is 22.3 Å². The molecule has 0 spiro atoms. The molecule has 15 heteroatoms. The summed E-state index contributed by atoms with van der Waals surface area (Å²) in [5, 5.41) is 6.89. The van der Waals surface area contributed by atoms with Gasteiger partial charge in [-0.05, 0) is 61.4 Å². The van der Waals surface area contributed by atoms with Crippen LogP contribution in [0.15, 0.2) is 73.1 Å². The standard InChI is InChI=1S/C35H36N9O6/c36-34-32-33(24-9-12-27(13-10-24)47-26-6-2-1-3-7-26)39-43(35(32)38-23-37-34)16-5-4-8-30(45)42-19-17-41(18-20-42)25-11-14-28-29(22-25)50-44(49-28)31-15-21-46-40-48-31/h1-3,6-7,9-14,23,31,40H,4-5,8,15-21H2,(H2,36,37,38). The molecule has 3 aliphatic rings. The fraction of sp³-hybridized carbons (Fsp3) is 0.314. The Labute approximate surface area is 287 Å². The first-order valence-corrected chi connectivity index (χ1v) is 16.7. The lowest BCUT2D eigenvalue weighted by molar-refractivity contribution is -0.376. The van der Waals surface area contributed by atoms with E-state index < -0.39 is 6.23 Å². The van der Waals surface area contributed by atoms with Crippen LogP contribution in [0.4, 0.5) is 11.5 Å². The lowest BCUT2D eigenvalue weighted by Crippen LogP contribution is -2.48. The average Bonchev–Trinajstić information content (AvgIpc) is 3.77. The summed E-state index contributed by atoms with van der Waals surface area (Å²) in [5.41, 5.74) is 11.9. The molecule has 8 rings (SSSR count). The van der Waals surface area contributed by atoms with Crippen molar-refractivity contribution in [1.29, 1.82) is 0 Å². The first-order chi connectivity index (χ1) is 24.6. The Balaban J connectivity index is 0.833. The fourth-order valence-electron chi connectivity index (χ4n) is 6.18. The fourth-order valence-corrected chi connectivity index (χ4v) is 6.18. The van der Waals surface area contributed by atoms with Gasteiger partial charge >= 0.3 is 0 Å². The molecule has 2 aromatic heterocycles. The van der Waals surface area contributed by atoms with Crippen LogP contribution in [0, 0.1) is 6.07 Å². The van der Waals surface area contributed by atoms with Crippen molar-refractivity contribution in [2.75, 3.05) is 43.4 Å². The van der Waals surface area contributed by atoms with E-state index in [4.69, 9.17) is 34.9 Å². The summed E-state index contributed by atoms with van der Waals surface area (Å²) in [6, 6.07) is 24.5. The van der Waals surface area contributed by atoms with Gasteiger partial charge in [0, 0.05) is 56.8 Å². The first kappa shape index (κ1) is 31.8. The van der Waals surface area contributed by atoms with Crippen molar-refractivity contribution in [1.82, 2.24) is 35.5 Å². The van der Waals surface area contributed by atoms with Crippen LogP contribution >= 0.6 is 0 Å². The Bertz CT molecular complexity index is 1940. The number of fused-ring (bicyclic) bond motifs is 2. The summed E-state index contributed by atoms with van der Waals surface area (Å²) in [4.78, 5) is 47.9. The maximum atomic E-state index is 13.1. The number of benzene rings is 3. The van der Waals surface area contributed by atoms with Gasteiger partial charge in [0.05, 0.1) is 23.3 Å². The minimum absolute atomic E-state index is 0.149. The summed E-state index contributed by atoms with van der Waals surface area (Å²) in [5.74, 6) is 3.07. The van der Waals surface area contributed by atoms with Crippen molar-refractivity contribution in [2.45, 2.75) is 38.5 Å². The van der Waals surface area contributed by atoms with Gasteiger partial charge in [0.15, 0.2) is 11.4 Å². The van der Waals surface area contributed by atoms with Gasteiger partial charge in [-0.25, -0.2) is 14.6 Å². The highest BCUT2D eigenvalue weighted by Gasteiger charge is 2.34. The molecule has 257 valence electrons. The summed E-state index contributed by atoms with van der Waals surface area (Å²) in [6.45, 7) is 3.72. The number of piperazine rings is 1. The molecular weight excluding hydrogens is 642 g/mol. The molecule has 0 aliphatic carbocycles. The van der Waals surface area contributed by atoms with E-state index in [1.165, 1.54) is 11.6 Å². The molecule has 15 nitrogen and oxygen atoms in total. The van der Waals surface area contributed by atoms with E-state index in [2.05, 4.69) is 26.6 Å². The maximum absolute atomic E-state index is 13.1. The number of aryl methyl sites for hydroxylation is 1. The number of rotatable bonds is 10. The zero-order chi connectivity index (χ0) is 33.9. The monoisotopic (exact) mass is 678 g/mol. The number of hydrogen-bond acceptors (Lipinski definition) is 13. The van der Waals surface area contributed by atoms with Gasteiger partial charge in [0.25, 0.3) is 0 Å². The van der Waals surface area contributed by atoms with Crippen molar-refractivity contribution in [2.24, 2.45) is 0 Å². The molecule has 2 fully saturated rings. The number of hydroxylamine groups is 2. The van der Waals surface area contributed by atoms with Gasteiger partial charge in [-0.15, -0.1) is 0 Å². The van der Waals surface area contributed by atoms with Crippen LogP contribution in [0.3, 0.4) is 0 Å². The molecule has 1 unspecified atom stereocenters. The van der Waals surface area contributed by atoms with Gasteiger partial charge in [-0.1, -0.05) is 23.8 Å². The Morgan fingerprint density at radius 1 is 0.960 bits per heavy atom. The van der Waals surface area contributed by atoms with E-state index in [9.17, 15) is 4.79 Å². The molecule has 1 atom stereocenters. The van der Waals surface area contributed by atoms with Gasteiger partial charge in [0.2, 0.25) is 17.9 Å². The van der Waals surface area contributed by atoms with Crippen molar-refractivity contribution >= 4 is 28.4 Å². The van der Waals surface area contributed by atoms with Crippen molar-refractivity contribution in [3.05, 3.63) is 79.1 Å². The lowest BCUT2D eigenvalue weighted by atomic mass is 10.1. The second kappa shape index (κ2) is 14.2. The van der Waals surface area contributed by atoms with Crippen molar-refractivity contribution < 1.29 is 28.9 Å². The second-order valence-electron chi connectivity index (χ2n) is 12.1. The number of carbonyl (C=O) groups is 1. The number of nitrogen functional groups attached to an aromatic ring is 1. The molecule has 0 saturated carbocycles. The SMILES string of the molecule is Nc1ncnc2c1c(-c1ccc(Oc3ccccc3)cc1)nn2CCCCC(=O)N1CCN(c2[c]c3c(cc2)ON(C2CCONO2)O3)CC1. The Morgan fingerprint density at radius 2 is 1.78 bits per heavy atom. The molecule has 3 aliphatic heterocycles. The molecule has 0 bridgehead atoms. The van der Waals surface area contributed by atoms with Crippen LogP contribution in [0.2, 0.25) is 0 Å². The third kappa shape index (κ3) is 6.71. The number of para-hydroxylation sites is 1.